The van der Waals surface area contributed by atoms with Gasteiger partial charge in [0.15, 0.2) is 0 Å². The fraction of sp³-hybridized carbons (Fsp3) is 0.533. The van der Waals surface area contributed by atoms with Crippen molar-refractivity contribution >= 4 is 17.3 Å². The summed E-state index contributed by atoms with van der Waals surface area (Å²) in [5.74, 6) is -0.321. The minimum absolute atomic E-state index is 0.321. The molecule has 1 aliphatic rings. The summed E-state index contributed by atoms with van der Waals surface area (Å²) in [5.41, 5.74) is 7.88. The van der Waals surface area contributed by atoms with E-state index in [2.05, 4.69) is 11.8 Å². The molecule has 2 N–H and O–H groups in total. The number of methoxy groups -OCH3 is 1. The number of esters is 1. The number of carbonyl (C=O) groups is 1. The minimum atomic E-state index is -0.321. The Morgan fingerprint density at radius 2 is 2.16 bits per heavy atom. The number of anilines is 2. The molecule has 0 saturated carbocycles. The molecule has 19 heavy (non-hydrogen) atoms. The van der Waals surface area contributed by atoms with E-state index in [1.807, 2.05) is 12.1 Å². The van der Waals surface area contributed by atoms with Gasteiger partial charge in [0.25, 0.3) is 0 Å². The molecular formula is C15H22N2O2. The van der Waals surface area contributed by atoms with Gasteiger partial charge >= 0.3 is 5.97 Å². The molecule has 0 bridgehead atoms. The number of benzene rings is 1. The van der Waals surface area contributed by atoms with Crippen molar-refractivity contribution in [1.29, 1.82) is 0 Å². The average Bonchev–Trinajstić information content (AvgIpc) is 2.62. The van der Waals surface area contributed by atoms with E-state index in [4.69, 9.17) is 10.5 Å². The summed E-state index contributed by atoms with van der Waals surface area (Å²) >= 11 is 0. The summed E-state index contributed by atoms with van der Waals surface area (Å²) in [5, 5.41) is 0. The Hall–Kier alpha value is -1.71. The molecule has 0 aliphatic carbocycles. The molecule has 0 radical (unpaired) electrons. The van der Waals surface area contributed by atoms with Crippen molar-refractivity contribution in [2.45, 2.75) is 38.6 Å². The molecular weight excluding hydrogens is 240 g/mol. The van der Waals surface area contributed by atoms with Crippen LogP contribution in [0.5, 0.6) is 0 Å². The van der Waals surface area contributed by atoms with Crippen molar-refractivity contribution < 1.29 is 9.53 Å². The van der Waals surface area contributed by atoms with Crippen LogP contribution in [0.15, 0.2) is 18.2 Å². The number of ether oxygens (including phenoxy) is 1. The second-order valence-electron chi connectivity index (χ2n) is 5.16. The SMILES string of the molecule is COC(=O)c1cc(N)ccc1N1CCCCCC1C. The van der Waals surface area contributed by atoms with Crippen LogP contribution >= 0.6 is 0 Å². The first-order valence-corrected chi connectivity index (χ1v) is 6.88. The van der Waals surface area contributed by atoms with E-state index in [9.17, 15) is 4.79 Å². The van der Waals surface area contributed by atoms with E-state index in [1.54, 1.807) is 6.07 Å². The molecule has 4 heteroatoms. The molecule has 1 unspecified atom stereocenters. The molecule has 1 aromatic carbocycles. The highest BCUT2D eigenvalue weighted by molar-refractivity contribution is 5.97. The quantitative estimate of drug-likeness (QED) is 0.657. The molecule has 1 aromatic rings. The van der Waals surface area contributed by atoms with Crippen molar-refractivity contribution in [2.75, 3.05) is 24.3 Å². The lowest BCUT2D eigenvalue weighted by Crippen LogP contribution is -2.33. The zero-order chi connectivity index (χ0) is 13.8. The summed E-state index contributed by atoms with van der Waals surface area (Å²) in [6, 6.07) is 5.93. The Morgan fingerprint density at radius 3 is 2.89 bits per heavy atom. The number of carbonyl (C=O) groups excluding carboxylic acids is 1. The summed E-state index contributed by atoms with van der Waals surface area (Å²) in [7, 11) is 1.40. The number of nitrogens with zero attached hydrogens (tertiary/aromatic N) is 1. The van der Waals surface area contributed by atoms with Crippen LogP contribution in [0.1, 0.15) is 43.0 Å². The maximum absolute atomic E-state index is 11.9. The first-order chi connectivity index (χ1) is 9.13. The van der Waals surface area contributed by atoms with Gasteiger partial charge < -0.3 is 15.4 Å². The van der Waals surface area contributed by atoms with E-state index in [1.165, 1.54) is 20.0 Å². The Morgan fingerprint density at radius 1 is 1.37 bits per heavy atom. The Kier molecular flexibility index (Phi) is 4.30. The maximum atomic E-state index is 11.9. The molecule has 104 valence electrons. The van der Waals surface area contributed by atoms with Crippen LogP contribution < -0.4 is 10.6 Å². The topological polar surface area (TPSA) is 55.6 Å². The molecule has 0 amide bonds. The predicted octanol–water partition coefficient (Wildman–Crippen LogP) is 2.82. The van der Waals surface area contributed by atoms with Crippen LogP contribution in [-0.2, 0) is 4.74 Å². The molecule has 1 heterocycles. The lowest BCUT2D eigenvalue weighted by atomic mass is 10.1. The van der Waals surface area contributed by atoms with E-state index >= 15 is 0 Å². The van der Waals surface area contributed by atoms with Gasteiger partial charge in [-0.2, -0.15) is 0 Å². The normalized spacial score (nSPS) is 19.9. The van der Waals surface area contributed by atoms with Crippen LogP contribution in [0.4, 0.5) is 11.4 Å². The summed E-state index contributed by atoms with van der Waals surface area (Å²) < 4.78 is 4.87. The van der Waals surface area contributed by atoms with Gasteiger partial charge in [-0.1, -0.05) is 12.8 Å². The van der Waals surface area contributed by atoms with E-state index in [0.29, 0.717) is 17.3 Å². The molecule has 1 saturated heterocycles. The van der Waals surface area contributed by atoms with Crippen LogP contribution in [-0.4, -0.2) is 25.7 Å². The number of nitrogens with two attached hydrogens (primary N) is 1. The van der Waals surface area contributed by atoms with Crippen molar-refractivity contribution in [1.82, 2.24) is 0 Å². The third-order valence-electron chi connectivity index (χ3n) is 3.79. The maximum Gasteiger partial charge on any atom is 0.340 e. The number of rotatable bonds is 2. The van der Waals surface area contributed by atoms with Crippen LogP contribution in [0.3, 0.4) is 0 Å². The summed E-state index contributed by atoms with van der Waals surface area (Å²) in [4.78, 5) is 14.2. The molecule has 1 fully saturated rings. The van der Waals surface area contributed by atoms with Gasteiger partial charge in [-0.15, -0.1) is 0 Å². The second-order valence-corrected chi connectivity index (χ2v) is 5.16. The van der Waals surface area contributed by atoms with Crippen molar-refractivity contribution in [3.05, 3.63) is 23.8 Å². The monoisotopic (exact) mass is 262 g/mol. The third-order valence-corrected chi connectivity index (χ3v) is 3.79. The number of hydrogen-bond donors (Lipinski definition) is 1. The van der Waals surface area contributed by atoms with E-state index in [0.717, 1.165) is 25.1 Å². The fourth-order valence-electron chi connectivity index (χ4n) is 2.71. The van der Waals surface area contributed by atoms with Gasteiger partial charge in [0.1, 0.15) is 0 Å². The Bertz CT molecular complexity index is 459. The third kappa shape index (κ3) is 3.00. The zero-order valence-corrected chi connectivity index (χ0v) is 11.7. The summed E-state index contributed by atoms with van der Waals surface area (Å²) in [6.45, 7) is 3.19. The fourth-order valence-corrected chi connectivity index (χ4v) is 2.71. The number of nitrogen functional groups attached to an aromatic ring is 1. The predicted molar refractivity (Wildman–Crippen MR) is 77.5 cm³/mol. The van der Waals surface area contributed by atoms with Crippen molar-refractivity contribution in [3.63, 3.8) is 0 Å². The number of hydrogen-bond acceptors (Lipinski definition) is 4. The molecule has 4 nitrogen and oxygen atoms in total. The average molecular weight is 262 g/mol. The smallest absolute Gasteiger partial charge is 0.340 e. The second kappa shape index (κ2) is 5.95. The Labute approximate surface area is 114 Å². The van der Waals surface area contributed by atoms with Crippen molar-refractivity contribution in [3.8, 4) is 0 Å². The minimum Gasteiger partial charge on any atom is -0.465 e. The lowest BCUT2D eigenvalue weighted by Gasteiger charge is -2.31. The summed E-state index contributed by atoms with van der Waals surface area (Å²) in [6.07, 6.45) is 4.82. The van der Waals surface area contributed by atoms with Gasteiger partial charge in [-0.25, -0.2) is 4.79 Å². The first kappa shape index (κ1) is 13.7. The largest absolute Gasteiger partial charge is 0.465 e. The van der Waals surface area contributed by atoms with Crippen molar-refractivity contribution in [2.24, 2.45) is 0 Å². The van der Waals surface area contributed by atoms with Crippen LogP contribution in [0.2, 0.25) is 0 Å². The van der Waals surface area contributed by atoms with Crippen LogP contribution in [0, 0.1) is 0 Å². The van der Waals surface area contributed by atoms with Crippen LogP contribution in [0.25, 0.3) is 0 Å². The molecule has 0 aromatic heterocycles. The van der Waals surface area contributed by atoms with Gasteiger partial charge in [-0.3, -0.25) is 0 Å². The highest BCUT2D eigenvalue weighted by Gasteiger charge is 2.22. The molecule has 1 atom stereocenters. The van der Waals surface area contributed by atoms with Gasteiger partial charge in [0.05, 0.1) is 18.4 Å². The highest BCUT2D eigenvalue weighted by atomic mass is 16.5. The van der Waals surface area contributed by atoms with Gasteiger partial charge in [0.2, 0.25) is 0 Å². The standard InChI is InChI=1S/C15H22N2O2/c1-11-6-4-3-5-9-17(11)14-8-7-12(16)10-13(14)15(18)19-2/h7-8,10-11H,3-6,9,16H2,1-2H3. The molecule has 2 rings (SSSR count). The Balaban J connectivity index is 2.39. The van der Waals surface area contributed by atoms with E-state index in [-0.39, 0.29) is 5.97 Å². The van der Waals surface area contributed by atoms with Gasteiger partial charge in [-0.05, 0) is 38.0 Å². The molecule has 1 aliphatic heterocycles. The highest BCUT2D eigenvalue weighted by Crippen LogP contribution is 2.29. The first-order valence-electron chi connectivity index (χ1n) is 6.88. The molecule has 0 spiro atoms. The van der Waals surface area contributed by atoms with Gasteiger partial charge in [0, 0.05) is 18.3 Å². The lowest BCUT2D eigenvalue weighted by molar-refractivity contribution is 0.0601. The zero-order valence-electron chi connectivity index (χ0n) is 11.7. The van der Waals surface area contributed by atoms with E-state index < -0.39 is 0 Å².